The number of hydrogen-bond donors (Lipinski definition) is 8. The van der Waals surface area contributed by atoms with Gasteiger partial charge in [0.1, 0.15) is 36.6 Å². The molecule has 0 aromatic heterocycles. The summed E-state index contributed by atoms with van der Waals surface area (Å²) in [6.45, 7) is 3.34. The maximum absolute atomic E-state index is 13.0. The topological polar surface area (TPSA) is 189 Å². The highest BCUT2D eigenvalue weighted by Crippen LogP contribution is 2.23. The zero-order valence-electron chi connectivity index (χ0n) is 35.6. The van der Waals surface area contributed by atoms with Crippen molar-refractivity contribution < 1.29 is 50.0 Å². The predicted molar refractivity (Wildman–Crippen MR) is 224 cm³/mol. The second-order valence-corrected chi connectivity index (χ2v) is 16.5. The standard InChI is InChI=1S/C45H87NO10/c1-3-5-7-9-11-12-13-14-15-16-17-18-19-20-21-22-23-24-25-27-29-31-33-38(49)44(54)46-36(40(50)37(48)32-30-28-26-10-8-6-4-2)35-55-45-43(53)42(52)41(51)39(34-47)56-45/h10,26,36-43,45,47-53H,3-9,11-25,27-35H2,1-2H3,(H,46,54)/b26-10+. The fourth-order valence-electron chi connectivity index (χ4n) is 7.43. The van der Waals surface area contributed by atoms with Crippen molar-refractivity contribution in [2.75, 3.05) is 13.2 Å². The van der Waals surface area contributed by atoms with Crippen LogP contribution in [0.25, 0.3) is 0 Å². The number of nitrogens with one attached hydrogen (secondary N) is 1. The third-order valence-electron chi connectivity index (χ3n) is 11.3. The van der Waals surface area contributed by atoms with Crippen LogP contribution in [0.15, 0.2) is 12.2 Å². The van der Waals surface area contributed by atoms with Crippen LogP contribution in [0.2, 0.25) is 0 Å². The Morgan fingerprint density at radius 3 is 1.52 bits per heavy atom. The maximum atomic E-state index is 13.0. The van der Waals surface area contributed by atoms with E-state index in [-0.39, 0.29) is 12.8 Å². The number of carbonyl (C=O) groups is 1. The predicted octanol–water partition coefficient (Wildman–Crippen LogP) is 7.28. The molecule has 0 spiro atoms. The molecule has 0 saturated carbocycles. The van der Waals surface area contributed by atoms with Crippen molar-refractivity contribution in [2.24, 2.45) is 0 Å². The molecule has 0 aliphatic carbocycles. The minimum atomic E-state index is -1.66. The van der Waals surface area contributed by atoms with Crippen molar-refractivity contribution >= 4 is 5.91 Å². The Morgan fingerprint density at radius 1 is 0.607 bits per heavy atom. The lowest BCUT2D eigenvalue weighted by Crippen LogP contribution is -2.60. The monoisotopic (exact) mass is 802 g/mol. The summed E-state index contributed by atoms with van der Waals surface area (Å²) in [4.78, 5) is 13.0. The molecule has 56 heavy (non-hydrogen) atoms. The van der Waals surface area contributed by atoms with Gasteiger partial charge < -0.3 is 50.5 Å². The van der Waals surface area contributed by atoms with Crippen molar-refractivity contribution in [3.8, 4) is 0 Å². The summed E-state index contributed by atoms with van der Waals surface area (Å²) < 4.78 is 11.0. The molecule has 9 atom stereocenters. The Morgan fingerprint density at radius 2 is 1.05 bits per heavy atom. The highest BCUT2D eigenvalue weighted by Gasteiger charge is 2.44. The zero-order chi connectivity index (χ0) is 41.2. The van der Waals surface area contributed by atoms with E-state index in [4.69, 9.17) is 9.47 Å². The van der Waals surface area contributed by atoms with E-state index in [1.807, 2.05) is 0 Å². The summed E-state index contributed by atoms with van der Waals surface area (Å²) in [5, 5.41) is 75.2. The quantitative estimate of drug-likeness (QED) is 0.0233. The zero-order valence-corrected chi connectivity index (χ0v) is 35.6. The fourth-order valence-corrected chi connectivity index (χ4v) is 7.43. The van der Waals surface area contributed by atoms with Crippen molar-refractivity contribution in [1.82, 2.24) is 5.32 Å². The molecule has 11 heteroatoms. The number of amides is 1. The lowest BCUT2D eigenvalue weighted by atomic mass is 9.98. The lowest BCUT2D eigenvalue weighted by Gasteiger charge is -2.40. The molecule has 0 aromatic carbocycles. The summed E-state index contributed by atoms with van der Waals surface area (Å²) in [5.41, 5.74) is 0. The van der Waals surface area contributed by atoms with Gasteiger partial charge in [-0.05, 0) is 32.1 Å². The molecule has 1 rings (SSSR count). The molecular formula is C45H87NO10. The average Bonchev–Trinajstić information content (AvgIpc) is 3.20. The van der Waals surface area contributed by atoms with Crippen molar-refractivity contribution in [3.63, 3.8) is 0 Å². The Labute approximate surface area is 341 Å². The minimum absolute atomic E-state index is 0.258. The average molecular weight is 802 g/mol. The van der Waals surface area contributed by atoms with Gasteiger partial charge in [0.15, 0.2) is 6.29 Å². The third-order valence-corrected chi connectivity index (χ3v) is 11.3. The number of hydrogen-bond acceptors (Lipinski definition) is 10. The lowest BCUT2D eigenvalue weighted by molar-refractivity contribution is -0.303. The number of carbonyl (C=O) groups excluding carboxylic acids is 1. The van der Waals surface area contributed by atoms with E-state index in [1.54, 1.807) is 0 Å². The first-order valence-corrected chi connectivity index (χ1v) is 23.1. The van der Waals surface area contributed by atoms with Gasteiger partial charge in [0.25, 0.3) is 0 Å². The van der Waals surface area contributed by atoms with E-state index in [2.05, 4.69) is 31.3 Å². The van der Waals surface area contributed by atoms with E-state index in [9.17, 15) is 40.5 Å². The highest BCUT2D eigenvalue weighted by molar-refractivity contribution is 5.80. The van der Waals surface area contributed by atoms with E-state index in [0.29, 0.717) is 12.8 Å². The van der Waals surface area contributed by atoms with Crippen molar-refractivity contribution in [1.29, 1.82) is 0 Å². The molecule has 0 radical (unpaired) electrons. The van der Waals surface area contributed by atoms with Gasteiger partial charge >= 0.3 is 0 Å². The molecule has 332 valence electrons. The normalized spacial score (nSPS) is 22.3. The molecule has 1 aliphatic heterocycles. The van der Waals surface area contributed by atoms with E-state index in [0.717, 1.165) is 44.9 Å². The summed E-state index contributed by atoms with van der Waals surface area (Å²) >= 11 is 0. The van der Waals surface area contributed by atoms with Crippen LogP contribution in [-0.2, 0) is 14.3 Å². The third kappa shape index (κ3) is 25.4. The van der Waals surface area contributed by atoms with E-state index in [1.165, 1.54) is 116 Å². The number of unbranched alkanes of at least 4 members (excludes halogenated alkanes) is 24. The van der Waals surface area contributed by atoms with Crippen LogP contribution in [0, 0.1) is 0 Å². The molecule has 8 N–H and O–H groups in total. The Balaban J connectivity index is 2.31. The van der Waals surface area contributed by atoms with Crippen LogP contribution in [0.4, 0.5) is 0 Å². The van der Waals surface area contributed by atoms with Gasteiger partial charge in [-0.2, -0.15) is 0 Å². The van der Waals surface area contributed by atoms with Crippen molar-refractivity contribution in [2.45, 2.75) is 255 Å². The van der Waals surface area contributed by atoms with Crippen LogP contribution in [0.5, 0.6) is 0 Å². The Hall–Kier alpha value is -1.15. The molecule has 0 bridgehead atoms. The molecule has 1 fully saturated rings. The van der Waals surface area contributed by atoms with Crippen LogP contribution < -0.4 is 5.32 Å². The van der Waals surface area contributed by atoms with Gasteiger partial charge in [-0.25, -0.2) is 0 Å². The first-order chi connectivity index (χ1) is 27.2. The number of allylic oxidation sites excluding steroid dienone is 2. The van der Waals surface area contributed by atoms with Crippen LogP contribution in [0.3, 0.4) is 0 Å². The van der Waals surface area contributed by atoms with Gasteiger partial charge in [-0.3, -0.25) is 4.79 Å². The first kappa shape index (κ1) is 52.9. The van der Waals surface area contributed by atoms with Crippen molar-refractivity contribution in [3.05, 3.63) is 12.2 Å². The largest absolute Gasteiger partial charge is 0.394 e. The second-order valence-electron chi connectivity index (χ2n) is 16.5. The number of aliphatic hydroxyl groups is 7. The number of ether oxygens (including phenoxy) is 2. The molecule has 1 amide bonds. The van der Waals surface area contributed by atoms with Crippen LogP contribution in [0.1, 0.15) is 200 Å². The smallest absolute Gasteiger partial charge is 0.249 e. The van der Waals surface area contributed by atoms with Gasteiger partial charge in [0, 0.05) is 0 Å². The van der Waals surface area contributed by atoms with Gasteiger partial charge in [0.2, 0.25) is 5.91 Å². The van der Waals surface area contributed by atoms with Gasteiger partial charge in [-0.15, -0.1) is 0 Å². The number of aliphatic hydroxyl groups excluding tert-OH is 7. The molecule has 11 nitrogen and oxygen atoms in total. The van der Waals surface area contributed by atoms with Crippen LogP contribution >= 0.6 is 0 Å². The summed E-state index contributed by atoms with van der Waals surface area (Å²) in [7, 11) is 0. The minimum Gasteiger partial charge on any atom is -0.394 e. The van der Waals surface area contributed by atoms with E-state index < -0.39 is 74.2 Å². The second kappa shape index (κ2) is 35.8. The Kier molecular flexibility index (Phi) is 33.8. The maximum Gasteiger partial charge on any atom is 0.249 e. The van der Waals surface area contributed by atoms with Gasteiger partial charge in [-0.1, -0.05) is 180 Å². The molecule has 1 heterocycles. The molecular weight excluding hydrogens is 714 g/mol. The number of rotatable bonds is 38. The first-order valence-electron chi connectivity index (χ1n) is 23.1. The van der Waals surface area contributed by atoms with Crippen LogP contribution in [-0.4, -0.2) is 110 Å². The fraction of sp³-hybridized carbons (Fsp3) is 0.933. The molecule has 9 unspecified atom stereocenters. The van der Waals surface area contributed by atoms with E-state index >= 15 is 0 Å². The molecule has 0 aromatic rings. The molecule has 1 saturated heterocycles. The summed E-state index contributed by atoms with van der Waals surface area (Å²) in [6, 6.07) is -1.18. The SMILES string of the molecule is CCCC/C=C/CCCC(O)C(O)C(COC1OC(CO)C(O)C(O)C1O)NC(=O)C(O)CCCCCCCCCCCCCCCCCCCCCCCC. The summed E-state index contributed by atoms with van der Waals surface area (Å²) in [6.07, 6.45) is 26.0. The van der Waals surface area contributed by atoms with Gasteiger partial charge in [0.05, 0.1) is 25.4 Å². The molecule has 1 aliphatic rings. The highest BCUT2D eigenvalue weighted by atomic mass is 16.7. The summed E-state index contributed by atoms with van der Waals surface area (Å²) in [5.74, 6) is -0.707. The Bertz CT molecular complexity index is 923.